The van der Waals surface area contributed by atoms with Gasteiger partial charge in [0.15, 0.2) is 5.76 Å². The maximum Gasteiger partial charge on any atom is 0.153 e. The molecule has 3 aromatic rings. The third-order valence-electron chi connectivity index (χ3n) is 2.98. The Labute approximate surface area is 138 Å². The molecule has 0 amide bonds. The molecule has 110 valence electrons. The van der Waals surface area contributed by atoms with Gasteiger partial charge in [-0.15, -0.1) is 0 Å². The SMILES string of the molecule is Clc1ccc(C=C(Oc2ccc(Cl)cc2)c2ccn[nH]2)cc1. The molecule has 0 atom stereocenters. The third kappa shape index (κ3) is 3.70. The number of benzene rings is 2. The zero-order valence-electron chi connectivity index (χ0n) is 11.5. The number of nitrogens with one attached hydrogen (secondary N) is 1. The molecule has 3 nitrogen and oxygen atoms in total. The van der Waals surface area contributed by atoms with E-state index in [-0.39, 0.29) is 0 Å². The lowest BCUT2D eigenvalue weighted by Gasteiger charge is -2.09. The molecule has 2 aromatic carbocycles. The summed E-state index contributed by atoms with van der Waals surface area (Å²) >= 11 is 11.8. The van der Waals surface area contributed by atoms with Gasteiger partial charge >= 0.3 is 0 Å². The van der Waals surface area contributed by atoms with Crippen molar-refractivity contribution in [3.8, 4) is 5.75 Å². The Morgan fingerprint density at radius 2 is 1.55 bits per heavy atom. The van der Waals surface area contributed by atoms with E-state index in [0.717, 1.165) is 11.3 Å². The van der Waals surface area contributed by atoms with Crippen LogP contribution in [0.3, 0.4) is 0 Å². The molecule has 0 radical (unpaired) electrons. The molecule has 0 saturated heterocycles. The van der Waals surface area contributed by atoms with E-state index in [1.165, 1.54) is 0 Å². The predicted octanol–water partition coefficient (Wildman–Crippen LogP) is 5.29. The fourth-order valence-corrected chi connectivity index (χ4v) is 2.15. The fraction of sp³-hybridized carbons (Fsp3) is 0. The summed E-state index contributed by atoms with van der Waals surface area (Å²) < 4.78 is 5.95. The predicted molar refractivity (Wildman–Crippen MR) is 90.0 cm³/mol. The van der Waals surface area contributed by atoms with Gasteiger partial charge in [-0.25, -0.2) is 0 Å². The Bertz CT molecular complexity index is 763. The summed E-state index contributed by atoms with van der Waals surface area (Å²) in [5.74, 6) is 1.35. The van der Waals surface area contributed by atoms with Crippen LogP contribution in [-0.4, -0.2) is 10.2 Å². The fourth-order valence-electron chi connectivity index (χ4n) is 1.90. The topological polar surface area (TPSA) is 37.9 Å². The average Bonchev–Trinajstić information content (AvgIpc) is 3.05. The van der Waals surface area contributed by atoms with E-state index in [1.807, 2.05) is 48.5 Å². The van der Waals surface area contributed by atoms with Crippen molar-refractivity contribution in [1.29, 1.82) is 0 Å². The zero-order chi connectivity index (χ0) is 15.4. The molecule has 5 heteroatoms. The summed E-state index contributed by atoms with van der Waals surface area (Å²) in [6, 6.07) is 16.5. The minimum absolute atomic E-state index is 0.655. The molecular weight excluding hydrogens is 319 g/mol. The van der Waals surface area contributed by atoms with Gasteiger partial charge in [0.1, 0.15) is 11.4 Å². The van der Waals surface area contributed by atoms with Gasteiger partial charge in [0.25, 0.3) is 0 Å². The molecule has 0 aliphatic heterocycles. The first-order valence-corrected chi connectivity index (χ1v) is 7.37. The van der Waals surface area contributed by atoms with Crippen molar-refractivity contribution in [3.05, 3.63) is 82.1 Å². The highest BCUT2D eigenvalue weighted by Crippen LogP contribution is 2.24. The second-order valence-electron chi connectivity index (χ2n) is 4.59. The number of nitrogens with zero attached hydrogens (tertiary/aromatic N) is 1. The van der Waals surface area contributed by atoms with E-state index in [1.54, 1.807) is 18.3 Å². The quantitative estimate of drug-likeness (QED) is 0.659. The molecule has 0 unspecified atom stereocenters. The first-order valence-electron chi connectivity index (χ1n) is 6.61. The standard InChI is InChI=1S/C17H12Cl2N2O/c18-13-3-1-12(2-4-13)11-17(16-9-10-20-21-16)22-15-7-5-14(19)6-8-15/h1-11H,(H,20,21). The summed E-state index contributed by atoms with van der Waals surface area (Å²) in [4.78, 5) is 0. The second kappa shape index (κ2) is 6.69. The largest absolute Gasteiger partial charge is 0.455 e. The number of aromatic nitrogens is 2. The number of hydrogen-bond acceptors (Lipinski definition) is 2. The molecular formula is C17H12Cl2N2O. The smallest absolute Gasteiger partial charge is 0.153 e. The Morgan fingerprint density at radius 3 is 2.14 bits per heavy atom. The van der Waals surface area contributed by atoms with Crippen molar-refractivity contribution < 1.29 is 4.74 Å². The van der Waals surface area contributed by atoms with Crippen LogP contribution in [0.4, 0.5) is 0 Å². The van der Waals surface area contributed by atoms with E-state index >= 15 is 0 Å². The summed E-state index contributed by atoms with van der Waals surface area (Å²) in [5, 5.41) is 8.23. The number of rotatable bonds is 4. The highest BCUT2D eigenvalue weighted by atomic mass is 35.5. The molecule has 0 fully saturated rings. The van der Waals surface area contributed by atoms with Crippen molar-refractivity contribution in [1.82, 2.24) is 10.2 Å². The van der Waals surface area contributed by atoms with Crippen molar-refractivity contribution in [2.24, 2.45) is 0 Å². The number of halogens is 2. The van der Waals surface area contributed by atoms with Gasteiger partial charge in [-0.2, -0.15) is 5.10 Å². The highest BCUT2D eigenvalue weighted by molar-refractivity contribution is 6.30. The number of H-pyrrole nitrogens is 1. The van der Waals surface area contributed by atoms with Crippen LogP contribution in [0, 0.1) is 0 Å². The van der Waals surface area contributed by atoms with E-state index in [2.05, 4.69) is 10.2 Å². The van der Waals surface area contributed by atoms with E-state index in [4.69, 9.17) is 27.9 Å². The van der Waals surface area contributed by atoms with E-state index in [0.29, 0.717) is 21.6 Å². The summed E-state index contributed by atoms with van der Waals surface area (Å²) in [6.07, 6.45) is 3.59. The third-order valence-corrected chi connectivity index (χ3v) is 3.48. The Balaban J connectivity index is 1.93. The van der Waals surface area contributed by atoms with Gasteiger partial charge in [-0.05, 0) is 54.1 Å². The Morgan fingerprint density at radius 1 is 0.909 bits per heavy atom. The first-order chi connectivity index (χ1) is 10.7. The van der Waals surface area contributed by atoms with Crippen LogP contribution in [0.2, 0.25) is 10.0 Å². The van der Waals surface area contributed by atoms with Crippen LogP contribution in [-0.2, 0) is 0 Å². The molecule has 1 heterocycles. The maximum atomic E-state index is 5.95. The molecule has 1 N–H and O–H groups in total. The Kier molecular flexibility index (Phi) is 4.47. The van der Waals surface area contributed by atoms with Gasteiger partial charge in [0.2, 0.25) is 0 Å². The minimum Gasteiger partial charge on any atom is -0.455 e. The molecule has 3 rings (SSSR count). The van der Waals surface area contributed by atoms with Crippen LogP contribution in [0.15, 0.2) is 60.8 Å². The van der Waals surface area contributed by atoms with Crippen molar-refractivity contribution >= 4 is 35.0 Å². The molecule has 1 aromatic heterocycles. The Hall–Kier alpha value is -2.23. The summed E-state index contributed by atoms with van der Waals surface area (Å²) in [5.41, 5.74) is 1.76. The maximum absolute atomic E-state index is 5.95. The van der Waals surface area contributed by atoms with Crippen molar-refractivity contribution in [3.63, 3.8) is 0 Å². The van der Waals surface area contributed by atoms with Gasteiger partial charge in [-0.1, -0.05) is 35.3 Å². The van der Waals surface area contributed by atoms with Gasteiger partial charge < -0.3 is 4.74 Å². The lowest BCUT2D eigenvalue weighted by atomic mass is 10.2. The first kappa shape index (κ1) is 14.7. The monoisotopic (exact) mass is 330 g/mol. The number of ether oxygens (including phenoxy) is 1. The van der Waals surface area contributed by atoms with Gasteiger partial charge in [-0.3, -0.25) is 5.10 Å². The van der Waals surface area contributed by atoms with Crippen molar-refractivity contribution in [2.45, 2.75) is 0 Å². The lowest BCUT2D eigenvalue weighted by molar-refractivity contribution is 0.515. The zero-order valence-corrected chi connectivity index (χ0v) is 13.0. The van der Waals surface area contributed by atoms with Crippen LogP contribution in [0.1, 0.15) is 11.3 Å². The van der Waals surface area contributed by atoms with Crippen LogP contribution in [0.5, 0.6) is 5.75 Å². The minimum atomic E-state index is 0.655. The van der Waals surface area contributed by atoms with Crippen molar-refractivity contribution in [2.75, 3.05) is 0 Å². The average molecular weight is 331 g/mol. The number of aromatic amines is 1. The molecule has 0 aliphatic carbocycles. The van der Waals surface area contributed by atoms with Crippen LogP contribution < -0.4 is 4.74 Å². The van der Waals surface area contributed by atoms with Crippen LogP contribution >= 0.6 is 23.2 Å². The molecule has 0 aliphatic rings. The number of hydrogen-bond donors (Lipinski definition) is 1. The van der Waals surface area contributed by atoms with E-state index in [9.17, 15) is 0 Å². The summed E-state index contributed by atoms with van der Waals surface area (Å²) in [6.45, 7) is 0. The highest BCUT2D eigenvalue weighted by Gasteiger charge is 2.07. The van der Waals surface area contributed by atoms with E-state index < -0.39 is 0 Å². The summed E-state index contributed by atoms with van der Waals surface area (Å²) in [7, 11) is 0. The molecule has 0 spiro atoms. The van der Waals surface area contributed by atoms with Gasteiger partial charge in [0, 0.05) is 16.2 Å². The van der Waals surface area contributed by atoms with Gasteiger partial charge in [0.05, 0.1) is 0 Å². The molecule has 0 saturated carbocycles. The van der Waals surface area contributed by atoms with Crippen LogP contribution in [0.25, 0.3) is 11.8 Å². The molecule has 0 bridgehead atoms. The lowest BCUT2D eigenvalue weighted by Crippen LogP contribution is -1.96. The molecule has 22 heavy (non-hydrogen) atoms. The second-order valence-corrected chi connectivity index (χ2v) is 5.46. The normalized spacial score (nSPS) is 11.5.